The molecule has 1 unspecified atom stereocenters. The van der Waals surface area contributed by atoms with Crippen molar-refractivity contribution in [1.29, 1.82) is 0 Å². The summed E-state index contributed by atoms with van der Waals surface area (Å²) < 4.78 is 0. The lowest BCUT2D eigenvalue weighted by Crippen LogP contribution is -2.99. The molecule has 0 aliphatic rings. The largest absolute Gasteiger partial charge is 0.595 e. The lowest BCUT2D eigenvalue weighted by molar-refractivity contribution is -0.990. The van der Waals surface area contributed by atoms with Gasteiger partial charge in [0.2, 0.25) is 5.91 Å². The van der Waals surface area contributed by atoms with E-state index < -0.39 is 17.0 Å². The first-order chi connectivity index (χ1) is 17.6. The van der Waals surface area contributed by atoms with Crippen molar-refractivity contribution in [2.24, 2.45) is 11.0 Å². The fourth-order valence-electron chi connectivity index (χ4n) is 3.79. The number of para-hydroxylation sites is 2. The standard InChI is InChI=1S/C27H30N4O6/c1-17(2)13-20(29-30-27(35)22-14-18-7-3-4-8-19(18)15-25(22)33)16-21(32)11-12-26(34)28-23-9-5-6-10-24(23)31(36)37/h3-10,14-15,17,31,33,36H,11-13,16H2,1-2H3,(H,28,34)(H,30,35)/b29-20+. The first-order valence-corrected chi connectivity index (χ1v) is 11.9. The van der Waals surface area contributed by atoms with Crippen molar-refractivity contribution in [3.05, 3.63) is 71.4 Å². The summed E-state index contributed by atoms with van der Waals surface area (Å²) in [6.07, 6.45) is 0.200. The van der Waals surface area contributed by atoms with E-state index in [2.05, 4.69) is 15.8 Å². The Morgan fingerprint density at radius 1 is 1.00 bits per heavy atom. The molecule has 0 spiro atoms. The van der Waals surface area contributed by atoms with Crippen LogP contribution in [0.1, 0.15) is 49.9 Å². The van der Waals surface area contributed by atoms with Crippen LogP contribution in [0.5, 0.6) is 5.75 Å². The van der Waals surface area contributed by atoms with E-state index >= 15 is 0 Å². The number of benzene rings is 3. The summed E-state index contributed by atoms with van der Waals surface area (Å²) in [6.45, 7) is 3.90. The predicted octanol–water partition coefficient (Wildman–Crippen LogP) is 3.46. The van der Waals surface area contributed by atoms with Gasteiger partial charge in [-0.2, -0.15) is 10.3 Å². The molecule has 0 aromatic heterocycles. The average molecular weight is 507 g/mol. The van der Waals surface area contributed by atoms with Gasteiger partial charge in [-0.05, 0) is 41.3 Å². The summed E-state index contributed by atoms with van der Waals surface area (Å²) in [5.74, 6) is -1.35. The number of phenolic OH excluding ortho intramolecular Hbond substituents is 1. The highest BCUT2D eigenvalue weighted by Crippen LogP contribution is 2.25. The molecule has 37 heavy (non-hydrogen) atoms. The first-order valence-electron chi connectivity index (χ1n) is 11.9. The smallest absolute Gasteiger partial charge is 0.275 e. The van der Waals surface area contributed by atoms with Crippen LogP contribution in [-0.4, -0.2) is 33.6 Å². The highest BCUT2D eigenvalue weighted by Gasteiger charge is 2.16. The Morgan fingerprint density at radius 2 is 1.65 bits per heavy atom. The molecule has 0 aliphatic carbocycles. The molecule has 194 valence electrons. The van der Waals surface area contributed by atoms with Crippen LogP contribution in [0.3, 0.4) is 0 Å². The first kappa shape index (κ1) is 27.5. The van der Waals surface area contributed by atoms with E-state index in [-0.39, 0.29) is 53.7 Å². The minimum absolute atomic E-state index is 0.0401. The monoisotopic (exact) mass is 506 g/mol. The van der Waals surface area contributed by atoms with E-state index in [0.717, 1.165) is 10.8 Å². The van der Waals surface area contributed by atoms with E-state index in [1.807, 2.05) is 38.1 Å². The highest BCUT2D eigenvalue weighted by molar-refractivity contribution is 6.05. The van der Waals surface area contributed by atoms with Crippen LogP contribution in [0.25, 0.3) is 10.8 Å². The van der Waals surface area contributed by atoms with Gasteiger partial charge in [0.1, 0.15) is 17.2 Å². The van der Waals surface area contributed by atoms with Crippen molar-refractivity contribution in [3.8, 4) is 5.75 Å². The molecule has 3 aromatic rings. The zero-order valence-electron chi connectivity index (χ0n) is 20.7. The maximum Gasteiger partial charge on any atom is 0.275 e. The summed E-state index contributed by atoms with van der Waals surface area (Å²) >= 11 is 0. The SMILES string of the molecule is CC(C)C/C(CC(=O)CCC(=O)Nc1ccccc1[NH+]([O-])O)=N\NC(=O)c1cc2ccccc2cc1O. The number of carbonyl (C=O) groups excluding carboxylic acids is 3. The van der Waals surface area contributed by atoms with Crippen LogP contribution >= 0.6 is 0 Å². The zero-order chi connectivity index (χ0) is 26.9. The Morgan fingerprint density at radius 3 is 2.32 bits per heavy atom. The Kier molecular flexibility index (Phi) is 9.45. The predicted molar refractivity (Wildman–Crippen MR) is 140 cm³/mol. The molecule has 10 nitrogen and oxygen atoms in total. The summed E-state index contributed by atoms with van der Waals surface area (Å²) in [4.78, 5) is 37.6. The molecule has 0 radical (unpaired) electrons. The summed E-state index contributed by atoms with van der Waals surface area (Å²) in [6, 6.07) is 16.4. The third kappa shape index (κ3) is 7.94. The lowest BCUT2D eigenvalue weighted by atomic mass is 10.0. The molecule has 1 atom stereocenters. The molecule has 0 fully saturated rings. The number of ketones is 1. The van der Waals surface area contributed by atoms with E-state index in [9.17, 15) is 29.9 Å². The van der Waals surface area contributed by atoms with Gasteiger partial charge >= 0.3 is 0 Å². The molecule has 5 N–H and O–H groups in total. The number of hydrogen-bond donors (Lipinski definition) is 5. The number of nitrogens with zero attached hydrogens (tertiary/aromatic N) is 1. The van der Waals surface area contributed by atoms with Crippen molar-refractivity contribution >= 4 is 45.5 Å². The number of hydrazone groups is 1. The Balaban J connectivity index is 1.61. The third-order valence-corrected chi connectivity index (χ3v) is 5.53. The number of nitrogens with one attached hydrogen (secondary N) is 3. The zero-order valence-corrected chi connectivity index (χ0v) is 20.7. The van der Waals surface area contributed by atoms with Crippen LogP contribution < -0.4 is 16.0 Å². The van der Waals surface area contributed by atoms with Crippen molar-refractivity contribution in [3.63, 3.8) is 0 Å². The Hall–Kier alpha value is -4.12. The van der Waals surface area contributed by atoms with Gasteiger partial charge in [-0.15, -0.1) is 0 Å². The number of Topliss-reactive ketones (excluding diaryl/α,β-unsaturated/α-hetero) is 1. The number of amides is 2. The number of fused-ring (bicyclic) bond motifs is 1. The molecule has 10 heteroatoms. The van der Waals surface area contributed by atoms with E-state index in [1.165, 1.54) is 18.2 Å². The van der Waals surface area contributed by atoms with E-state index in [0.29, 0.717) is 12.1 Å². The number of aromatic hydroxyl groups is 1. The van der Waals surface area contributed by atoms with Crippen LogP contribution in [0.15, 0.2) is 65.8 Å². The number of hydrogen-bond acceptors (Lipinski definition) is 7. The second kappa shape index (κ2) is 12.7. The van der Waals surface area contributed by atoms with Gasteiger partial charge < -0.3 is 15.6 Å². The van der Waals surface area contributed by atoms with Crippen LogP contribution in [-0.2, 0) is 9.59 Å². The van der Waals surface area contributed by atoms with Crippen molar-refractivity contribution < 1.29 is 29.9 Å². The molecule has 2 amide bonds. The van der Waals surface area contributed by atoms with E-state index in [4.69, 9.17) is 0 Å². The number of rotatable bonds is 11. The average Bonchev–Trinajstić information content (AvgIpc) is 2.85. The van der Waals surface area contributed by atoms with Crippen LogP contribution in [0.2, 0.25) is 0 Å². The Bertz CT molecular complexity index is 1320. The van der Waals surface area contributed by atoms with Crippen LogP contribution in [0, 0.1) is 11.1 Å². The third-order valence-electron chi connectivity index (χ3n) is 5.53. The minimum atomic E-state index is -1.17. The normalized spacial score (nSPS) is 12.4. The van der Waals surface area contributed by atoms with Gasteiger partial charge in [-0.3, -0.25) is 14.4 Å². The van der Waals surface area contributed by atoms with Gasteiger partial charge in [0.05, 0.1) is 5.56 Å². The lowest BCUT2D eigenvalue weighted by Gasteiger charge is -2.15. The number of anilines is 1. The van der Waals surface area contributed by atoms with Gasteiger partial charge in [0.15, 0.2) is 5.69 Å². The second-order valence-electron chi connectivity index (χ2n) is 9.05. The summed E-state index contributed by atoms with van der Waals surface area (Å²) in [5.41, 5.74) is 3.07. The Labute approximate surface area is 214 Å². The highest BCUT2D eigenvalue weighted by atomic mass is 16.8. The number of phenols is 1. The second-order valence-corrected chi connectivity index (χ2v) is 9.05. The van der Waals surface area contributed by atoms with E-state index in [1.54, 1.807) is 18.2 Å². The summed E-state index contributed by atoms with van der Waals surface area (Å²) in [7, 11) is 0. The maximum atomic E-state index is 12.7. The van der Waals surface area contributed by atoms with Gasteiger partial charge in [0, 0.05) is 31.0 Å². The molecule has 0 aliphatic heterocycles. The van der Waals surface area contributed by atoms with Gasteiger partial charge in [-0.1, -0.05) is 50.2 Å². The molecule has 0 saturated carbocycles. The van der Waals surface area contributed by atoms with Crippen molar-refractivity contribution in [2.75, 3.05) is 5.32 Å². The molecular weight excluding hydrogens is 476 g/mol. The quantitative estimate of drug-likeness (QED) is 0.198. The molecule has 0 bridgehead atoms. The van der Waals surface area contributed by atoms with Crippen molar-refractivity contribution in [2.45, 2.75) is 39.5 Å². The molecule has 0 saturated heterocycles. The number of quaternary nitrogens is 1. The van der Waals surface area contributed by atoms with Crippen LogP contribution in [0.4, 0.5) is 11.4 Å². The molecule has 3 rings (SSSR count). The molecular formula is C27H30N4O6. The minimum Gasteiger partial charge on any atom is -0.595 e. The van der Waals surface area contributed by atoms with Gasteiger partial charge in [0.25, 0.3) is 5.91 Å². The fourth-order valence-corrected chi connectivity index (χ4v) is 3.79. The molecule has 0 heterocycles. The van der Waals surface area contributed by atoms with Gasteiger partial charge in [-0.25, -0.2) is 10.6 Å². The molecule has 3 aromatic carbocycles. The summed E-state index contributed by atoms with van der Waals surface area (Å²) in [5, 5.41) is 37.9. The number of carbonyl (C=O) groups is 3. The maximum absolute atomic E-state index is 12.7. The fraction of sp³-hybridized carbons (Fsp3) is 0.259. The van der Waals surface area contributed by atoms with Crippen molar-refractivity contribution in [1.82, 2.24) is 5.43 Å². The topological polar surface area (TPSA) is 156 Å².